The first-order valence-corrected chi connectivity index (χ1v) is 7.06. The van der Waals surface area contributed by atoms with Crippen LogP contribution in [0.4, 0.5) is 0 Å². The molecule has 0 N–H and O–H groups in total. The summed E-state index contributed by atoms with van der Waals surface area (Å²) in [6.07, 6.45) is 3.57. The molecule has 0 amide bonds. The second-order valence-corrected chi connectivity index (χ2v) is 5.02. The minimum atomic E-state index is -0.731. The van der Waals surface area contributed by atoms with E-state index < -0.39 is 11.9 Å². The Balaban J connectivity index is 2.22. The fraction of sp³-hybridized carbons (Fsp3) is 0.667. The minimum Gasteiger partial charge on any atom is -0.463 e. The van der Waals surface area contributed by atoms with Crippen molar-refractivity contribution in [2.45, 2.75) is 32.1 Å². The van der Waals surface area contributed by atoms with Gasteiger partial charge in [-0.2, -0.15) is 0 Å². The van der Waals surface area contributed by atoms with Crippen LogP contribution < -0.4 is 0 Å². The molecule has 0 heterocycles. The summed E-state index contributed by atoms with van der Waals surface area (Å²) in [5.41, 5.74) is -0.0170. The highest BCUT2D eigenvalue weighted by molar-refractivity contribution is 5.94. The smallest absolute Gasteiger partial charge is 0.334 e. The summed E-state index contributed by atoms with van der Waals surface area (Å²) in [5, 5.41) is 0. The number of hydrogen-bond acceptors (Lipinski definition) is 6. The van der Waals surface area contributed by atoms with Crippen molar-refractivity contribution in [2.75, 3.05) is 26.9 Å². The molecule has 0 radical (unpaired) electrons. The van der Waals surface area contributed by atoms with Gasteiger partial charge in [0.2, 0.25) is 0 Å². The maximum absolute atomic E-state index is 11.8. The standard InChI is InChI=1S/C15H22O6/c1-11(9-14(17)20-8-7-19-2)15(18)21-10-13(16)12-5-3-4-6-12/h12H,1,3-10H2,2H3. The van der Waals surface area contributed by atoms with E-state index in [1.807, 2.05) is 0 Å². The third kappa shape index (κ3) is 6.53. The molecule has 6 heteroatoms. The molecule has 0 saturated heterocycles. The first kappa shape index (κ1) is 17.4. The molecule has 0 aliphatic heterocycles. The summed E-state index contributed by atoms with van der Waals surface area (Å²) in [4.78, 5) is 34.7. The summed E-state index contributed by atoms with van der Waals surface area (Å²) in [6, 6.07) is 0. The fourth-order valence-electron chi connectivity index (χ4n) is 2.14. The monoisotopic (exact) mass is 298 g/mol. The van der Waals surface area contributed by atoms with Crippen molar-refractivity contribution in [1.82, 2.24) is 0 Å². The summed E-state index contributed by atoms with van der Waals surface area (Å²) >= 11 is 0. The zero-order valence-electron chi connectivity index (χ0n) is 12.4. The fourth-order valence-corrected chi connectivity index (χ4v) is 2.14. The Hall–Kier alpha value is -1.69. The Morgan fingerprint density at radius 1 is 1.10 bits per heavy atom. The van der Waals surface area contributed by atoms with E-state index in [4.69, 9.17) is 14.2 Å². The number of esters is 2. The highest BCUT2D eigenvalue weighted by Gasteiger charge is 2.24. The molecule has 0 atom stereocenters. The van der Waals surface area contributed by atoms with Gasteiger partial charge in [0.15, 0.2) is 12.4 Å². The SMILES string of the molecule is C=C(CC(=O)OCCOC)C(=O)OCC(=O)C1CCCC1. The van der Waals surface area contributed by atoms with E-state index in [1.165, 1.54) is 7.11 Å². The van der Waals surface area contributed by atoms with Gasteiger partial charge in [-0.3, -0.25) is 9.59 Å². The average molecular weight is 298 g/mol. The molecular formula is C15H22O6. The van der Waals surface area contributed by atoms with Crippen molar-refractivity contribution in [3.05, 3.63) is 12.2 Å². The van der Waals surface area contributed by atoms with Crippen LogP contribution in [0.2, 0.25) is 0 Å². The van der Waals surface area contributed by atoms with Gasteiger partial charge in [-0.05, 0) is 12.8 Å². The maximum atomic E-state index is 11.8. The zero-order chi connectivity index (χ0) is 15.7. The molecule has 0 aromatic heterocycles. The maximum Gasteiger partial charge on any atom is 0.334 e. The number of ether oxygens (including phenoxy) is 3. The number of carbonyl (C=O) groups is 3. The molecule has 0 aromatic rings. The van der Waals surface area contributed by atoms with E-state index in [1.54, 1.807) is 0 Å². The van der Waals surface area contributed by atoms with Gasteiger partial charge in [0.25, 0.3) is 0 Å². The van der Waals surface area contributed by atoms with Gasteiger partial charge in [0, 0.05) is 18.6 Å². The Morgan fingerprint density at radius 3 is 2.38 bits per heavy atom. The molecule has 6 nitrogen and oxygen atoms in total. The van der Waals surface area contributed by atoms with E-state index in [9.17, 15) is 14.4 Å². The highest BCUT2D eigenvalue weighted by atomic mass is 16.6. The molecular weight excluding hydrogens is 276 g/mol. The third-order valence-corrected chi connectivity index (χ3v) is 3.35. The molecule has 0 spiro atoms. The van der Waals surface area contributed by atoms with Crippen LogP contribution in [0.5, 0.6) is 0 Å². The molecule has 118 valence electrons. The van der Waals surface area contributed by atoms with Crippen LogP contribution in [0.15, 0.2) is 12.2 Å². The van der Waals surface area contributed by atoms with Crippen LogP contribution in [0.1, 0.15) is 32.1 Å². The van der Waals surface area contributed by atoms with Crippen LogP contribution in [0.25, 0.3) is 0 Å². The van der Waals surface area contributed by atoms with Gasteiger partial charge in [0.05, 0.1) is 13.0 Å². The van der Waals surface area contributed by atoms with Crippen LogP contribution >= 0.6 is 0 Å². The molecule has 1 fully saturated rings. The molecule has 1 aliphatic carbocycles. The van der Waals surface area contributed by atoms with Gasteiger partial charge in [0.1, 0.15) is 6.61 Å². The van der Waals surface area contributed by atoms with E-state index in [2.05, 4.69) is 6.58 Å². The Morgan fingerprint density at radius 2 is 1.76 bits per heavy atom. The second-order valence-electron chi connectivity index (χ2n) is 5.02. The summed E-state index contributed by atoms with van der Waals surface area (Å²) in [5.74, 6) is -1.36. The lowest BCUT2D eigenvalue weighted by atomic mass is 10.0. The lowest BCUT2D eigenvalue weighted by molar-refractivity contribution is -0.148. The molecule has 0 unspecified atom stereocenters. The number of rotatable bonds is 9. The number of hydrogen-bond donors (Lipinski definition) is 0. The van der Waals surface area contributed by atoms with Gasteiger partial charge >= 0.3 is 11.9 Å². The predicted octanol–water partition coefficient (Wildman–Crippen LogP) is 1.42. The van der Waals surface area contributed by atoms with Crippen LogP contribution in [-0.4, -0.2) is 44.7 Å². The number of methoxy groups -OCH3 is 1. The molecule has 1 rings (SSSR count). The third-order valence-electron chi connectivity index (χ3n) is 3.35. The quantitative estimate of drug-likeness (QED) is 0.364. The van der Waals surface area contributed by atoms with Crippen molar-refractivity contribution in [2.24, 2.45) is 5.92 Å². The van der Waals surface area contributed by atoms with Crippen molar-refractivity contribution in [1.29, 1.82) is 0 Å². The van der Waals surface area contributed by atoms with E-state index in [0.29, 0.717) is 6.61 Å². The normalized spacial score (nSPS) is 14.7. The van der Waals surface area contributed by atoms with Gasteiger partial charge < -0.3 is 14.2 Å². The Kier molecular flexibility index (Phi) is 7.68. The zero-order valence-corrected chi connectivity index (χ0v) is 12.4. The second kappa shape index (κ2) is 9.28. The van der Waals surface area contributed by atoms with Crippen molar-refractivity contribution in [3.63, 3.8) is 0 Å². The Labute approximate surface area is 124 Å². The first-order valence-electron chi connectivity index (χ1n) is 7.06. The van der Waals surface area contributed by atoms with E-state index in [-0.39, 0.29) is 36.9 Å². The summed E-state index contributed by atoms with van der Waals surface area (Å²) < 4.78 is 14.4. The van der Waals surface area contributed by atoms with Crippen LogP contribution in [0.3, 0.4) is 0 Å². The molecule has 1 saturated carbocycles. The molecule has 1 aliphatic rings. The summed E-state index contributed by atoms with van der Waals surface area (Å²) in [7, 11) is 1.49. The van der Waals surface area contributed by atoms with Gasteiger partial charge in [-0.1, -0.05) is 19.4 Å². The van der Waals surface area contributed by atoms with Crippen molar-refractivity contribution >= 4 is 17.7 Å². The summed E-state index contributed by atoms with van der Waals surface area (Å²) in [6.45, 7) is 3.64. The lowest BCUT2D eigenvalue weighted by Crippen LogP contribution is -2.21. The highest BCUT2D eigenvalue weighted by Crippen LogP contribution is 2.25. The van der Waals surface area contributed by atoms with E-state index in [0.717, 1.165) is 25.7 Å². The van der Waals surface area contributed by atoms with E-state index >= 15 is 0 Å². The van der Waals surface area contributed by atoms with Crippen LogP contribution in [-0.2, 0) is 28.6 Å². The molecule has 0 aromatic carbocycles. The van der Waals surface area contributed by atoms with Gasteiger partial charge in [-0.25, -0.2) is 4.79 Å². The predicted molar refractivity (Wildman–Crippen MR) is 74.5 cm³/mol. The topological polar surface area (TPSA) is 78.9 Å². The first-order chi connectivity index (χ1) is 10.0. The van der Waals surface area contributed by atoms with Crippen molar-refractivity contribution in [3.8, 4) is 0 Å². The minimum absolute atomic E-state index is 0.00470. The largest absolute Gasteiger partial charge is 0.463 e. The lowest BCUT2D eigenvalue weighted by Gasteiger charge is -2.10. The number of Topliss-reactive ketones (excluding diaryl/α,β-unsaturated/α-hetero) is 1. The van der Waals surface area contributed by atoms with Crippen LogP contribution in [0, 0.1) is 5.92 Å². The average Bonchev–Trinajstić information content (AvgIpc) is 2.98. The molecule has 0 bridgehead atoms. The Bertz CT molecular complexity index is 395. The molecule has 21 heavy (non-hydrogen) atoms. The van der Waals surface area contributed by atoms with Crippen molar-refractivity contribution < 1.29 is 28.6 Å². The number of ketones is 1. The van der Waals surface area contributed by atoms with Gasteiger partial charge in [-0.15, -0.1) is 0 Å². The number of carbonyl (C=O) groups excluding carboxylic acids is 3.